The minimum Gasteiger partial charge on any atom is -0.496 e. The van der Waals surface area contributed by atoms with Crippen molar-refractivity contribution in [3.8, 4) is 5.75 Å². The van der Waals surface area contributed by atoms with Crippen LogP contribution in [0.1, 0.15) is 15.9 Å². The van der Waals surface area contributed by atoms with Crippen LogP contribution >= 0.6 is 11.8 Å². The van der Waals surface area contributed by atoms with Gasteiger partial charge in [-0.15, -0.1) is 22.0 Å². The lowest BCUT2D eigenvalue weighted by atomic mass is 10.1. The van der Waals surface area contributed by atoms with Crippen molar-refractivity contribution >= 4 is 18.0 Å². The van der Waals surface area contributed by atoms with E-state index in [4.69, 9.17) is 4.74 Å². The summed E-state index contributed by atoms with van der Waals surface area (Å²) < 4.78 is 5.07. The summed E-state index contributed by atoms with van der Waals surface area (Å²) in [6.45, 7) is 0. The number of methoxy groups -OCH3 is 1. The van der Waals surface area contributed by atoms with Crippen molar-refractivity contribution in [2.45, 2.75) is 4.99 Å². The van der Waals surface area contributed by atoms with E-state index in [2.05, 4.69) is 20.7 Å². The number of carbonyl (C=O) groups is 1. The monoisotopic (exact) mass is 250 g/mol. The van der Waals surface area contributed by atoms with Gasteiger partial charge in [-0.3, -0.25) is 4.79 Å². The first-order valence-electron chi connectivity index (χ1n) is 4.78. The normalized spacial score (nSPS) is 16.1. The van der Waals surface area contributed by atoms with Crippen molar-refractivity contribution in [2.24, 2.45) is 20.7 Å². The SMILES string of the molecule is COc1ccc(C2(SC)N=NN=N2)cc1C=O. The van der Waals surface area contributed by atoms with Crippen LogP contribution in [0.25, 0.3) is 0 Å². The molecule has 0 saturated heterocycles. The maximum absolute atomic E-state index is 11.0. The predicted octanol–water partition coefficient (Wildman–Crippen LogP) is 2.81. The van der Waals surface area contributed by atoms with E-state index in [0.717, 1.165) is 11.8 Å². The van der Waals surface area contributed by atoms with Gasteiger partial charge in [0.05, 0.1) is 12.7 Å². The zero-order chi connectivity index (χ0) is 12.3. The molecular formula is C10H10N4O2S. The zero-order valence-corrected chi connectivity index (χ0v) is 10.1. The van der Waals surface area contributed by atoms with E-state index in [9.17, 15) is 4.79 Å². The Bertz CT molecular complexity index is 489. The number of aldehydes is 1. The molecule has 0 aromatic heterocycles. The van der Waals surface area contributed by atoms with E-state index in [1.165, 1.54) is 18.9 Å². The van der Waals surface area contributed by atoms with Crippen LogP contribution in [0.4, 0.5) is 0 Å². The first kappa shape index (κ1) is 11.7. The highest BCUT2D eigenvalue weighted by Gasteiger charge is 2.35. The zero-order valence-electron chi connectivity index (χ0n) is 9.32. The van der Waals surface area contributed by atoms with Gasteiger partial charge in [0.15, 0.2) is 6.29 Å². The van der Waals surface area contributed by atoms with Gasteiger partial charge in [0.25, 0.3) is 4.99 Å². The Morgan fingerprint density at radius 1 is 1.35 bits per heavy atom. The third kappa shape index (κ3) is 1.93. The van der Waals surface area contributed by atoms with Crippen LogP contribution in [-0.2, 0) is 4.99 Å². The van der Waals surface area contributed by atoms with E-state index >= 15 is 0 Å². The highest BCUT2D eigenvalue weighted by molar-refractivity contribution is 7.99. The van der Waals surface area contributed by atoms with E-state index in [-0.39, 0.29) is 0 Å². The Balaban J connectivity index is 2.50. The molecule has 7 heteroatoms. The van der Waals surface area contributed by atoms with Gasteiger partial charge in [0.1, 0.15) is 5.75 Å². The lowest BCUT2D eigenvalue weighted by molar-refractivity contribution is 0.112. The standard InChI is InChI=1S/C10H10N4O2S/c1-16-9-4-3-8(5-7(9)6-15)10(17-2)11-13-14-12-10/h3-6H,1-2H3. The fourth-order valence-electron chi connectivity index (χ4n) is 1.53. The number of thioether (sulfide) groups is 1. The topological polar surface area (TPSA) is 75.7 Å². The Hall–Kier alpha value is -1.76. The largest absolute Gasteiger partial charge is 0.496 e. The average molecular weight is 250 g/mol. The summed E-state index contributed by atoms with van der Waals surface area (Å²) in [5.41, 5.74) is 1.20. The Labute approximate surface area is 102 Å². The molecule has 0 spiro atoms. The fraction of sp³-hybridized carbons (Fsp3) is 0.300. The van der Waals surface area contributed by atoms with Gasteiger partial charge in [0.2, 0.25) is 0 Å². The average Bonchev–Trinajstić information content (AvgIpc) is 2.88. The van der Waals surface area contributed by atoms with E-state index in [1.54, 1.807) is 18.2 Å². The van der Waals surface area contributed by atoms with E-state index in [0.29, 0.717) is 11.3 Å². The highest BCUT2D eigenvalue weighted by atomic mass is 32.2. The van der Waals surface area contributed by atoms with Crippen molar-refractivity contribution in [3.63, 3.8) is 0 Å². The minimum atomic E-state index is -0.871. The van der Waals surface area contributed by atoms with Crippen LogP contribution in [0.15, 0.2) is 38.9 Å². The van der Waals surface area contributed by atoms with Crippen LogP contribution in [0.2, 0.25) is 0 Å². The molecule has 6 nitrogen and oxygen atoms in total. The number of nitrogens with zero attached hydrogens (tertiary/aromatic N) is 4. The number of ether oxygens (including phenoxy) is 1. The van der Waals surface area contributed by atoms with E-state index < -0.39 is 4.99 Å². The van der Waals surface area contributed by atoms with Crippen LogP contribution in [0.3, 0.4) is 0 Å². The molecule has 0 bridgehead atoms. The molecule has 1 heterocycles. The molecule has 1 aromatic carbocycles. The summed E-state index contributed by atoms with van der Waals surface area (Å²) in [6.07, 6.45) is 2.59. The maximum atomic E-state index is 11.0. The van der Waals surface area contributed by atoms with Gasteiger partial charge in [-0.2, -0.15) is 0 Å². The van der Waals surface area contributed by atoms with Crippen LogP contribution in [0, 0.1) is 0 Å². The first-order chi connectivity index (χ1) is 8.25. The molecular weight excluding hydrogens is 240 g/mol. The predicted molar refractivity (Wildman–Crippen MR) is 63.3 cm³/mol. The van der Waals surface area contributed by atoms with Crippen molar-refractivity contribution in [1.29, 1.82) is 0 Å². The molecule has 2 rings (SSSR count). The fourth-order valence-corrected chi connectivity index (χ4v) is 2.12. The van der Waals surface area contributed by atoms with Gasteiger partial charge in [0, 0.05) is 5.56 Å². The Kier molecular flexibility index (Phi) is 3.19. The maximum Gasteiger partial charge on any atom is 0.265 e. The minimum absolute atomic E-state index is 0.454. The van der Waals surface area contributed by atoms with Crippen LogP contribution in [-0.4, -0.2) is 19.7 Å². The van der Waals surface area contributed by atoms with Gasteiger partial charge in [-0.1, -0.05) is 0 Å². The lowest BCUT2D eigenvalue weighted by Crippen LogP contribution is -2.13. The van der Waals surface area contributed by atoms with Crippen molar-refractivity contribution in [1.82, 2.24) is 0 Å². The molecule has 88 valence electrons. The van der Waals surface area contributed by atoms with Crippen molar-refractivity contribution < 1.29 is 9.53 Å². The third-order valence-corrected chi connectivity index (χ3v) is 3.39. The number of rotatable bonds is 4. The smallest absolute Gasteiger partial charge is 0.265 e. The molecule has 1 aliphatic heterocycles. The summed E-state index contributed by atoms with van der Waals surface area (Å²) in [4.78, 5) is 10.1. The summed E-state index contributed by atoms with van der Waals surface area (Å²) in [5.74, 6) is 0.520. The summed E-state index contributed by atoms with van der Waals surface area (Å²) in [5, 5.41) is 15.0. The Morgan fingerprint density at radius 2 is 2.06 bits per heavy atom. The summed E-state index contributed by atoms with van der Waals surface area (Å²) >= 11 is 1.39. The molecule has 0 fully saturated rings. The van der Waals surface area contributed by atoms with Gasteiger partial charge < -0.3 is 4.74 Å². The van der Waals surface area contributed by atoms with Crippen LogP contribution in [0.5, 0.6) is 5.75 Å². The highest BCUT2D eigenvalue weighted by Crippen LogP contribution is 2.42. The van der Waals surface area contributed by atoms with Crippen molar-refractivity contribution in [3.05, 3.63) is 29.3 Å². The first-order valence-corrected chi connectivity index (χ1v) is 6.01. The van der Waals surface area contributed by atoms with E-state index in [1.807, 2.05) is 6.26 Å². The van der Waals surface area contributed by atoms with Crippen molar-refractivity contribution in [2.75, 3.05) is 13.4 Å². The second kappa shape index (κ2) is 4.62. The lowest BCUT2D eigenvalue weighted by Gasteiger charge is -2.18. The summed E-state index contributed by atoms with van der Waals surface area (Å²) in [7, 11) is 1.52. The number of benzene rings is 1. The molecule has 0 unspecified atom stereocenters. The summed E-state index contributed by atoms with van der Waals surface area (Å²) in [6, 6.07) is 5.19. The molecule has 0 amide bonds. The van der Waals surface area contributed by atoms with Gasteiger partial charge in [-0.25, -0.2) is 0 Å². The molecule has 0 atom stereocenters. The molecule has 0 saturated carbocycles. The second-order valence-electron chi connectivity index (χ2n) is 3.27. The quantitative estimate of drug-likeness (QED) is 0.771. The third-order valence-electron chi connectivity index (χ3n) is 2.42. The molecule has 0 N–H and O–H groups in total. The molecule has 1 aliphatic rings. The molecule has 1 aromatic rings. The molecule has 17 heavy (non-hydrogen) atoms. The number of hydrogen-bond donors (Lipinski definition) is 0. The Morgan fingerprint density at radius 3 is 2.59 bits per heavy atom. The van der Waals surface area contributed by atoms with Gasteiger partial charge in [-0.05, 0) is 34.9 Å². The van der Waals surface area contributed by atoms with Gasteiger partial charge >= 0.3 is 0 Å². The number of hydrogen-bond acceptors (Lipinski definition) is 7. The molecule has 0 radical (unpaired) electrons. The molecule has 0 aliphatic carbocycles. The second-order valence-corrected chi connectivity index (χ2v) is 4.24. The number of carbonyl (C=O) groups excluding carboxylic acids is 1. The van der Waals surface area contributed by atoms with Crippen LogP contribution < -0.4 is 4.74 Å².